The van der Waals surface area contributed by atoms with Crippen LogP contribution in [0, 0.1) is 5.92 Å². The molecule has 0 aliphatic heterocycles. The Morgan fingerprint density at radius 2 is 2.00 bits per heavy atom. The van der Waals surface area contributed by atoms with Gasteiger partial charge in [-0.05, 0) is 37.0 Å². The number of rotatable bonds is 5. The van der Waals surface area contributed by atoms with Gasteiger partial charge in [0, 0.05) is 12.6 Å². The Morgan fingerprint density at radius 3 is 2.50 bits per heavy atom. The number of halogens is 3. The number of sulfonamides is 1. The fraction of sp³-hybridized carbons (Fsp3) is 0.500. The van der Waals surface area contributed by atoms with E-state index in [1.807, 2.05) is 0 Å². The summed E-state index contributed by atoms with van der Waals surface area (Å²) in [4.78, 5) is -0.397. The van der Waals surface area contributed by atoms with E-state index >= 15 is 0 Å². The molecule has 20 heavy (non-hydrogen) atoms. The largest absolute Gasteiger partial charge is 0.416 e. The third-order valence-electron chi connectivity index (χ3n) is 3.22. The van der Waals surface area contributed by atoms with Crippen LogP contribution in [0.4, 0.5) is 13.2 Å². The minimum Gasteiger partial charge on any atom is -0.329 e. The summed E-state index contributed by atoms with van der Waals surface area (Å²) in [5.74, 6) is 0.181. The molecule has 0 spiro atoms. The first-order valence-electron chi connectivity index (χ1n) is 6.13. The molecule has 1 aliphatic rings. The Labute approximate surface area is 115 Å². The van der Waals surface area contributed by atoms with Crippen molar-refractivity contribution in [2.24, 2.45) is 11.7 Å². The predicted molar refractivity (Wildman–Crippen MR) is 67.3 cm³/mol. The standard InChI is InChI=1S/C12H15F3N2O2S/c13-12(14,15)9-2-1-3-10(6-9)20(18,19)17-11(7-16)8-4-5-8/h1-3,6,8,11,17H,4-5,7,16H2. The molecule has 0 bridgehead atoms. The Morgan fingerprint density at radius 1 is 1.35 bits per heavy atom. The number of nitrogens with one attached hydrogen (secondary N) is 1. The first-order valence-corrected chi connectivity index (χ1v) is 7.62. The normalized spacial score (nSPS) is 18.0. The van der Waals surface area contributed by atoms with Crippen LogP contribution in [0.25, 0.3) is 0 Å². The Bertz CT molecular complexity index is 583. The molecule has 1 aromatic carbocycles. The van der Waals surface area contributed by atoms with E-state index in [1.54, 1.807) is 0 Å². The summed E-state index contributed by atoms with van der Waals surface area (Å²) in [6.07, 6.45) is -2.81. The molecular formula is C12H15F3N2O2S. The number of benzene rings is 1. The highest BCUT2D eigenvalue weighted by atomic mass is 32.2. The Balaban J connectivity index is 2.25. The van der Waals surface area contributed by atoms with Crippen LogP contribution in [0.15, 0.2) is 29.2 Å². The lowest BCUT2D eigenvalue weighted by Crippen LogP contribution is -2.41. The van der Waals surface area contributed by atoms with Gasteiger partial charge in [0.15, 0.2) is 0 Å². The highest BCUT2D eigenvalue weighted by molar-refractivity contribution is 7.89. The lowest BCUT2D eigenvalue weighted by molar-refractivity contribution is -0.137. The molecule has 0 amide bonds. The van der Waals surface area contributed by atoms with E-state index in [2.05, 4.69) is 4.72 Å². The van der Waals surface area contributed by atoms with E-state index in [0.29, 0.717) is 6.07 Å². The van der Waals surface area contributed by atoms with E-state index in [1.165, 1.54) is 0 Å². The SMILES string of the molecule is NCC(NS(=O)(=O)c1cccc(C(F)(F)F)c1)C1CC1. The molecule has 1 saturated carbocycles. The summed E-state index contributed by atoms with van der Waals surface area (Å²) in [6, 6.07) is 3.25. The van der Waals surface area contributed by atoms with Gasteiger partial charge in [0.1, 0.15) is 0 Å². The van der Waals surface area contributed by atoms with Gasteiger partial charge in [-0.25, -0.2) is 13.1 Å². The summed E-state index contributed by atoms with van der Waals surface area (Å²) in [5.41, 5.74) is 4.50. The van der Waals surface area contributed by atoms with Gasteiger partial charge in [0.05, 0.1) is 10.5 Å². The molecule has 0 radical (unpaired) electrons. The summed E-state index contributed by atoms with van der Waals surface area (Å²) in [5, 5.41) is 0. The molecule has 1 atom stereocenters. The van der Waals surface area contributed by atoms with Crippen LogP contribution in [0.2, 0.25) is 0 Å². The maximum Gasteiger partial charge on any atom is 0.416 e. The van der Waals surface area contributed by atoms with Crippen molar-refractivity contribution in [3.8, 4) is 0 Å². The quantitative estimate of drug-likeness (QED) is 0.870. The molecule has 1 aromatic rings. The monoisotopic (exact) mass is 308 g/mol. The molecule has 0 saturated heterocycles. The first kappa shape index (κ1) is 15.3. The molecule has 1 unspecified atom stereocenters. The van der Waals surface area contributed by atoms with Crippen LogP contribution in [-0.2, 0) is 16.2 Å². The Kier molecular flexibility index (Phi) is 4.08. The van der Waals surface area contributed by atoms with Crippen LogP contribution in [0.1, 0.15) is 18.4 Å². The second-order valence-electron chi connectivity index (χ2n) is 4.83. The average Bonchev–Trinajstić information content (AvgIpc) is 3.19. The van der Waals surface area contributed by atoms with E-state index in [-0.39, 0.29) is 12.5 Å². The van der Waals surface area contributed by atoms with Crippen LogP contribution in [0.3, 0.4) is 0 Å². The summed E-state index contributed by atoms with van der Waals surface area (Å²) < 4.78 is 64.3. The molecule has 0 aromatic heterocycles. The maximum absolute atomic E-state index is 12.6. The van der Waals surface area contributed by atoms with Gasteiger partial charge < -0.3 is 5.73 Å². The van der Waals surface area contributed by atoms with Crippen LogP contribution >= 0.6 is 0 Å². The van der Waals surface area contributed by atoms with E-state index in [4.69, 9.17) is 5.73 Å². The second-order valence-corrected chi connectivity index (χ2v) is 6.54. The van der Waals surface area contributed by atoms with E-state index in [9.17, 15) is 21.6 Å². The number of hydrogen-bond acceptors (Lipinski definition) is 3. The van der Waals surface area contributed by atoms with Gasteiger partial charge in [0.2, 0.25) is 10.0 Å². The number of nitrogens with two attached hydrogens (primary N) is 1. The van der Waals surface area contributed by atoms with Crippen LogP contribution in [-0.4, -0.2) is 21.0 Å². The number of hydrogen-bond donors (Lipinski definition) is 2. The summed E-state index contributed by atoms with van der Waals surface area (Å²) in [7, 11) is -3.99. The Hall–Kier alpha value is -1.12. The molecule has 4 nitrogen and oxygen atoms in total. The van der Waals surface area contributed by atoms with Crippen molar-refractivity contribution < 1.29 is 21.6 Å². The maximum atomic E-state index is 12.6. The first-order chi connectivity index (χ1) is 9.24. The molecule has 112 valence electrons. The van der Waals surface area contributed by atoms with Gasteiger partial charge in [-0.1, -0.05) is 6.07 Å². The third-order valence-corrected chi connectivity index (χ3v) is 4.71. The molecule has 1 aliphatic carbocycles. The van der Waals surface area contributed by atoms with Crippen molar-refractivity contribution in [1.82, 2.24) is 4.72 Å². The highest BCUT2D eigenvalue weighted by Gasteiger charge is 2.35. The minimum absolute atomic E-state index is 0.128. The predicted octanol–water partition coefficient (Wildman–Crippen LogP) is 1.72. The van der Waals surface area contributed by atoms with Gasteiger partial charge in [0.25, 0.3) is 0 Å². The van der Waals surface area contributed by atoms with Crippen molar-refractivity contribution in [2.45, 2.75) is 30.0 Å². The lowest BCUT2D eigenvalue weighted by atomic mass is 10.2. The summed E-state index contributed by atoms with van der Waals surface area (Å²) in [6.45, 7) is 0.128. The van der Waals surface area contributed by atoms with Gasteiger partial charge in [-0.3, -0.25) is 0 Å². The zero-order valence-corrected chi connectivity index (χ0v) is 11.3. The minimum atomic E-state index is -4.57. The molecule has 8 heteroatoms. The smallest absolute Gasteiger partial charge is 0.329 e. The third kappa shape index (κ3) is 3.50. The number of alkyl halides is 3. The molecular weight excluding hydrogens is 293 g/mol. The molecule has 0 heterocycles. The topological polar surface area (TPSA) is 72.2 Å². The zero-order valence-electron chi connectivity index (χ0n) is 10.5. The fourth-order valence-electron chi connectivity index (χ4n) is 1.94. The second kappa shape index (κ2) is 5.34. The van der Waals surface area contributed by atoms with Crippen molar-refractivity contribution >= 4 is 10.0 Å². The van der Waals surface area contributed by atoms with Crippen molar-refractivity contribution in [3.63, 3.8) is 0 Å². The van der Waals surface area contributed by atoms with Crippen molar-refractivity contribution in [2.75, 3.05) is 6.54 Å². The van der Waals surface area contributed by atoms with E-state index in [0.717, 1.165) is 31.0 Å². The fourth-order valence-corrected chi connectivity index (χ4v) is 3.31. The van der Waals surface area contributed by atoms with Crippen molar-refractivity contribution in [1.29, 1.82) is 0 Å². The lowest BCUT2D eigenvalue weighted by Gasteiger charge is -2.17. The van der Waals surface area contributed by atoms with E-state index < -0.39 is 32.7 Å². The van der Waals surface area contributed by atoms with Crippen molar-refractivity contribution in [3.05, 3.63) is 29.8 Å². The van der Waals surface area contributed by atoms with Gasteiger partial charge in [-0.15, -0.1) is 0 Å². The van der Waals surface area contributed by atoms with Gasteiger partial charge >= 0.3 is 6.18 Å². The molecule has 2 rings (SSSR count). The zero-order chi connectivity index (χ0) is 15.0. The highest BCUT2D eigenvalue weighted by Crippen LogP contribution is 2.33. The molecule has 1 fully saturated rings. The van der Waals surface area contributed by atoms with Gasteiger partial charge in [-0.2, -0.15) is 13.2 Å². The van der Waals surface area contributed by atoms with Crippen LogP contribution in [0.5, 0.6) is 0 Å². The van der Waals surface area contributed by atoms with Crippen LogP contribution < -0.4 is 10.5 Å². The average molecular weight is 308 g/mol. The summed E-state index contributed by atoms with van der Waals surface area (Å²) >= 11 is 0. The molecule has 3 N–H and O–H groups in total.